The maximum absolute atomic E-state index is 6.14. The highest BCUT2D eigenvalue weighted by atomic mass is 16.5. The molecule has 2 unspecified atom stereocenters. The van der Waals surface area contributed by atoms with Crippen LogP contribution in [0.4, 0.5) is 11.4 Å². The van der Waals surface area contributed by atoms with Crippen molar-refractivity contribution in [2.45, 2.75) is 26.0 Å². The predicted molar refractivity (Wildman–Crippen MR) is 104 cm³/mol. The highest BCUT2D eigenvalue weighted by molar-refractivity contribution is 5.65. The Balaban J connectivity index is 1.63. The number of morpholine rings is 1. The molecule has 1 heterocycles. The molecule has 3 rings (SSSR count). The number of anilines is 2. The second kappa shape index (κ2) is 8.29. The first-order valence-corrected chi connectivity index (χ1v) is 8.94. The number of benzene rings is 2. The van der Waals surface area contributed by atoms with Crippen LogP contribution < -0.4 is 20.9 Å². The van der Waals surface area contributed by atoms with Gasteiger partial charge in [0.25, 0.3) is 0 Å². The molecule has 2 atom stereocenters. The van der Waals surface area contributed by atoms with Crippen molar-refractivity contribution in [3.63, 3.8) is 0 Å². The fraction of sp³-hybridized carbons (Fsp3) is 0.400. The predicted octanol–water partition coefficient (Wildman–Crippen LogP) is 3.13. The first-order chi connectivity index (χ1) is 12.5. The van der Waals surface area contributed by atoms with Crippen LogP contribution in [0.1, 0.15) is 13.8 Å². The van der Waals surface area contributed by atoms with Gasteiger partial charge in [0, 0.05) is 31.3 Å². The molecule has 6 nitrogen and oxygen atoms in total. The van der Waals surface area contributed by atoms with Crippen LogP contribution in [0.5, 0.6) is 17.2 Å². The first-order valence-electron chi connectivity index (χ1n) is 8.94. The standard InChI is InChI=1S/C20H27N3O3/c1-14(23-8-10-24-11-9-23)15(2)25-16-4-3-5-17(12-16)26-18-6-7-19(21)20(22)13-18/h3-7,12-15H,8-11,21-22H2,1-2H3. The molecule has 2 aromatic rings. The van der Waals surface area contributed by atoms with Crippen molar-refractivity contribution in [1.82, 2.24) is 4.90 Å². The average Bonchev–Trinajstić information content (AvgIpc) is 2.65. The molecule has 2 aromatic carbocycles. The van der Waals surface area contributed by atoms with Crippen molar-refractivity contribution in [3.8, 4) is 17.2 Å². The number of nitrogens with zero attached hydrogens (tertiary/aromatic N) is 1. The van der Waals surface area contributed by atoms with E-state index in [9.17, 15) is 0 Å². The number of rotatable bonds is 6. The number of nitrogen functional groups attached to an aromatic ring is 2. The van der Waals surface area contributed by atoms with Crippen LogP contribution in [0.3, 0.4) is 0 Å². The van der Waals surface area contributed by atoms with E-state index in [0.717, 1.165) is 32.1 Å². The van der Waals surface area contributed by atoms with Crippen molar-refractivity contribution in [2.24, 2.45) is 0 Å². The number of hydrogen-bond donors (Lipinski definition) is 2. The minimum atomic E-state index is 0.0514. The van der Waals surface area contributed by atoms with E-state index in [4.69, 9.17) is 25.7 Å². The SMILES string of the molecule is CC(Oc1cccc(Oc2ccc(N)c(N)c2)c1)C(C)N1CCOCC1. The first kappa shape index (κ1) is 18.4. The van der Waals surface area contributed by atoms with Gasteiger partial charge < -0.3 is 25.7 Å². The highest BCUT2D eigenvalue weighted by Gasteiger charge is 2.23. The van der Waals surface area contributed by atoms with Gasteiger partial charge in [0.1, 0.15) is 23.4 Å². The summed E-state index contributed by atoms with van der Waals surface area (Å²) < 4.78 is 17.4. The summed E-state index contributed by atoms with van der Waals surface area (Å²) in [6.45, 7) is 7.73. The maximum atomic E-state index is 6.14. The van der Waals surface area contributed by atoms with E-state index in [-0.39, 0.29) is 6.10 Å². The Bertz CT molecular complexity index is 732. The van der Waals surface area contributed by atoms with Crippen LogP contribution in [0.15, 0.2) is 42.5 Å². The molecular weight excluding hydrogens is 330 g/mol. The van der Waals surface area contributed by atoms with Crippen LogP contribution in [0, 0.1) is 0 Å². The molecule has 4 N–H and O–H groups in total. The maximum Gasteiger partial charge on any atom is 0.131 e. The summed E-state index contributed by atoms with van der Waals surface area (Å²) >= 11 is 0. The van der Waals surface area contributed by atoms with E-state index in [2.05, 4.69) is 18.7 Å². The molecule has 26 heavy (non-hydrogen) atoms. The van der Waals surface area contributed by atoms with E-state index in [1.807, 2.05) is 24.3 Å². The highest BCUT2D eigenvalue weighted by Crippen LogP contribution is 2.29. The van der Waals surface area contributed by atoms with E-state index >= 15 is 0 Å². The second-order valence-corrected chi connectivity index (χ2v) is 6.58. The Kier molecular flexibility index (Phi) is 5.85. The molecular formula is C20H27N3O3. The summed E-state index contributed by atoms with van der Waals surface area (Å²) in [6, 6.07) is 13.2. The second-order valence-electron chi connectivity index (χ2n) is 6.58. The van der Waals surface area contributed by atoms with E-state index in [1.54, 1.807) is 18.2 Å². The third-order valence-corrected chi connectivity index (χ3v) is 4.72. The summed E-state index contributed by atoms with van der Waals surface area (Å²) in [6.07, 6.45) is 0.0514. The topological polar surface area (TPSA) is 83.0 Å². The summed E-state index contributed by atoms with van der Waals surface area (Å²) in [7, 11) is 0. The van der Waals surface area contributed by atoms with Crippen LogP contribution in [-0.2, 0) is 4.74 Å². The Hall–Kier alpha value is -2.44. The lowest BCUT2D eigenvalue weighted by atomic mass is 10.1. The largest absolute Gasteiger partial charge is 0.489 e. The quantitative estimate of drug-likeness (QED) is 0.773. The van der Waals surface area contributed by atoms with Gasteiger partial charge in [0.15, 0.2) is 0 Å². The van der Waals surface area contributed by atoms with Crippen LogP contribution in [-0.4, -0.2) is 43.3 Å². The van der Waals surface area contributed by atoms with Crippen molar-refractivity contribution >= 4 is 11.4 Å². The third-order valence-electron chi connectivity index (χ3n) is 4.72. The van der Waals surface area contributed by atoms with Gasteiger partial charge in [-0.15, -0.1) is 0 Å². The van der Waals surface area contributed by atoms with Crippen LogP contribution in [0.25, 0.3) is 0 Å². The summed E-state index contributed by atoms with van der Waals surface area (Å²) in [5.41, 5.74) is 12.6. The minimum Gasteiger partial charge on any atom is -0.489 e. The Labute approximate surface area is 154 Å². The summed E-state index contributed by atoms with van der Waals surface area (Å²) in [5.74, 6) is 2.11. The number of nitrogens with two attached hydrogens (primary N) is 2. The zero-order valence-corrected chi connectivity index (χ0v) is 15.4. The molecule has 0 spiro atoms. The molecule has 0 saturated carbocycles. The van der Waals surface area contributed by atoms with E-state index in [1.165, 1.54) is 0 Å². The molecule has 0 amide bonds. The van der Waals surface area contributed by atoms with Gasteiger partial charge in [-0.25, -0.2) is 0 Å². The van der Waals surface area contributed by atoms with Gasteiger partial charge in [-0.1, -0.05) is 6.07 Å². The molecule has 6 heteroatoms. The van der Waals surface area contributed by atoms with Crippen molar-refractivity contribution in [3.05, 3.63) is 42.5 Å². The number of hydrogen-bond acceptors (Lipinski definition) is 6. The number of ether oxygens (including phenoxy) is 3. The van der Waals surface area contributed by atoms with Gasteiger partial charge >= 0.3 is 0 Å². The molecule has 0 aliphatic carbocycles. The van der Waals surface area contributed by atoms with Gasteiger partial charge in [-0.05, 0) is 38.1 Å². The average molecular weight is 357 g/mol. The summed E-state index contributed by atoms with van der Waals surface area (Å²) in [4.78, 5) is 2.39. The fourth-order valence-electron chi connectivity index (χ4n) is 2.96. The Morgan fingerprint density at radius 1 is 0.923 bits per heavy atom. The van der Waals surface area contributed by atoms with Crippen LogP contribution >= 0.6 is 0 Å². The Morgan fingerprint density at radius 3 is 2.35 bits per heavy atom. The molecule has 1 aliphatic rings. The van der Waals surface area contributed by atoms with Crippen LogP contribution in [0.2, 0.25) is 0 Å². The van der Waals surface area contributed by atoms with Crippen molar-refractivity contribution in [2.75, 3.05) is 37.8 Å². The fourth-order valence-corrected chi connectivity index (χ4v) is 2.96. The molecule has 0 radical (unpaired) electrons. The summed E-state index contributed by atoms with van der Waals surface area (Å²) in [5, 5.41) is 0. The zero-order valence-electron chi connectivity index (χ0n) is 15.4. The molecule has 1 saturated heterocycles. The zero-order chi connectivity index (χ0) is 18.5. The monoisotopic (exact) mass is 357 g/mol. The lowest BCUT2D eigenvalue weighted by Gasteiger charge is -2.35. The molecule has 140 valence electrons. The van der Waals surface area contributed by atoms with Gasteiger partial charge in [-0.2, -0.15) is 0 Å². The molecule has 1 aliphatic heterocycles. The van der Waals surface area contributed by atoms with E-state index < -0.39 is 0 Å². The molecule has 0 aromatic heterocycles. The lowest BCUT2D eigenvalue weighted by molar-refractivity contribution is -0.00565. The normalized spacial score (nSPS) is 17.5. The van der Waals surface area contributed by atoms with Gasteiger partial charge in [0.05, 0.1) is 24.6 Å². The molecule has 0 bridgehead atoms. The molecule has 1 fully saturated rings. The smallest absolute Gasteiger partial charge is 0.131 e. The van der Waals surface area contributed by atoms with E-state index in [0.29, 0.717) is 28.9 Å². The van der Waals surface area contributed by atoms with Gasteiger partial charge in [-0.3, -0.25) is 4.90 Å². The third kappa shape index (κ3) is 4.59. The van der Waals surface area contributed by atoms with Crippen molar-refractivity contribution in [1.29, 1.82) is 0 Å². The minimum absolute atomic E-state index is 0.0514. The van der Waals surface area contributed by atoms with Crippen molar-refractivity contribution < 1.29 is 14.2 Å². The lowest BCUT2D eigenvalue weighted by Crippen LogP contribution is -2.48. The Morgan fingerprint density at radius 2 is 1.62 bits per heavy atom. The van der Waals surface area contributed by atoms with Gasteiger partial charge in [0.2, 0.25) is 0 Å².